The van der Waals surface area contributed by atoms with E-state index in [2.05, 4.69) is 21.2 Å². The summed E-state index contributed by atoms with van der Waals surface area (Å²) in [5, 5.41) is 2.54. The first-order chi connectivity index (χ1) is 13.3. The van der Waals surface area contributed by atoms with E-state index in [1.54, 1.807) is 42.5 Å². The van der Waals surface area contributed by atoms with Crippen LogP contribution >= 0.6 is 28.1 Å². The number of primary amides is 1. The molecule has 1 saturated heterocycles. The van der Waals surface area contributed by atoms with Crippen molar-refractivity contribution in [3.8, 4) is 5.75 Å². The standard InChI is InChI=1S/C19H14BrN3O4S/c20-12-2-1-3-13(9-12)23-18(26)15(17(25)22-19(23)28)8-11-4-6-14(7-5-11)27-10-16(21)24/h1-9H,10H2,(H2,21,24)(H,22,25,28)/b15-8+. The van der Waals surface area contributed by atoms with Gasteiger partial charge in [-0.1, -0.05) is 34.1 Å². The zero-order chi connectivity index (χ0) is 20.3. The highest BCUT2D eigenvalue weighted by molar-refractivity contribution is 9.10. The highest BCUT2D eigenvalue weighted by Gasteiger charge is 2.34. The first-order valence-electron chi connectivity index (χ1n) is 8.03. The maximum Gasteiger partial charge on any atom is 0.270 e. The Kier molecular flexibility index (Phi) is 5.86. The third-order valence-electron chi connectivity index (χ3n) is 3.74. The quantitative estimate of drug-likeness (QED) is 0.405. The van der Waals surface area contributed by atoms with Gasteiger partial charge in [0.05, 0.1) is 5.69 Å². The molecular weight excluding hydrogens is 446 g/mol. The molecule has 3 amide bonds. The molecule has 1 aliphatic rings. The van der Waals surface area contributed by atoms with E-state index in [1.807, 2.05) is 6.07 Å². The average molecular weight is 460 g/mol. The highest BCUT2D eigenvalue weighted by atomic mass is 79.9. The summed E-state index contributed by atoms with van der Waals surface area (Å²) in [6, 6.07) is 13.5. The number of rotatable bonds is 5. The monoisotopic (exact) mass is 459 g/mol. The van der Waals surface area contributed by atoms with Crippen LogP contribution in [0.4, 0.5) is 5.69 Å². The van der Waals surface area contributed by atoms with Crippen LogP contribution in [0.15, 0.2) is 58.6 Å². The predicted octanol–water partition coefficient (Wildman–Crippen LogP) is 2.14. The lowest BCUT2D eigenvalue weighted by Crippen LogP contribution is -2.54. The first kappa shape index (κ1) is 19.7. The molecule has 3 rings (SSSR count). The molecule has 1 fully saturated rings. The Balaban J connectivity index is 1.87. The van der Waals surface area contributed by atoms with E-state index < -0.39 is 17.7 Å². The van der Waals surface area contributed by atoms with Gasteiger partial charge >= 0.3 is 0 Å². The molecular formula is C19H14BrN3O4S. The Morgan fingerprint density at radius 3 is 2.57 bits per heavy atom. The van der Waals surface area contributed by atoms with Crippen LogP contribution in [-0.2, 0) is 14.4 Å². The maximum atomic E-state index is 12.9. The van der Waals surface area contributed by atoms with Crippen molar-refractivity contribution in [3.63, 3.8) is 0 Å². The van der Waals surface area contributed by atoms with Crippen molar-refractivity contribution in [2.45, 2.75) is 0 Å². The van der Waals surface area contributed by atoms with Gasteiger partial charge in [-0.3, -0.25) is 24.6 Å². The number of hydrogen-bond acceptors (Lipinski definition) is 5. The summed E-state index contributed by atoms with van der Waals surface area (Å²) in [6.07, 6.45) is 1.46. The van der Waals surface area contributed by atoms with Gasteiger partial charge in [0.1, 0.15) is 11.3 Å². The van der Waals surface area contributed by atoms with Gasteiger partial charge in [-0.2, -0.15) is 0 Å². The number of carbonyl (C=O) groups is 3. The van der Waals surface area contributed by atoms with Gasteiger partial charge in [-0.05, 0) is 54.2 Å². The number of nitrogens with two attached hydrogens (primary N) is 1. The number of benzene rings is 2. The Hall–Kier alpha value is -3.04. The predicted molar refractivity (Wildman–Crippen MR) is 111 cm³/mol. The number of hydrogen-bond donors (Lipinski definition) is 2. The summed E-state index contributed by atoms with van der Waals surface area (Å²) in [5.74, 6) is -1.24. The Bertz CT molecular complexity index is 1000. The summed E-state index contributed by atoms with van der Waals surface area (Å²) in [4.78, 5) is 37.3. The van der Waals surface area contributed by atoms with Gasteiger partial charge in [0.25, 0.3) is 17.7 Å². The third kappa shape index (κ3) is 4.44. The van der Waals surface area contributed by atoms with Crippen LogP contribution in [0.2, 0.25) is 0 Å². The largest absolute Gasteiger partial charge is 0.484 e. The molecule has 0 bridgehead atoms. The summed E-state index contributed by atoms with van der Waals surface area (Å²) in [6.45, 7) is -0.236. The minimum atomic E-state index is -0.584. The number of nitrogens with one attached hydrogen (secondary N) is 1. The maximum absolute atomic E-state index is 12.9. The number of halogens is 1. The molecule has 9 heteroatoms. The highest BCUT2D eigenvalue weighted by Crippen LogP contribution is 2.25. The van der Waals surface area contributed by atoms with Crippen LogP contribution < -0.4 is 20.7 Å². The van der Waals surface area contributed by atoms with Crippen LogP contribution in [-0.4, -0.2) is 29.4 Å². The van der Waals surface area contributed by atoms with Gasteiger partial charge in [0.15, 0.2) is 11.7 Å². The van der Waals surface area contributed by atoms with Crippen molar-refractivity contribution in [3.05, 3.63) is 64.1 Å². The van der Waals surface area contributed by atoms with E-state index in [1.165, 1.54) is 11.0 Å². The number of carbonyl (C=O) groups excluding carboxylic acids is 3. The zero-order valence-corrected chi connectivity index (χ0v) is 16.7. The average Bonchev–Trinajstić information content (AvgIpc) is 2.64. The van der Waals surface area contributed by atoms with Gasteiger partial charge in [-0.15, -0.1) is 0 Å². The molecule has 7 nitrogen and oxygen atoms in total. The molecule has 3 N–H and O–H groups in total. The van der Waals surface area contributed by atoms with E-state index in [4.69, 9.17) is 22.7 Å². The van der Waals surface area contributed by atoms with E-state index in [0.717, 1.165) is 4.47 Å². The summed E-state index contributed by atoms with van der Waals surface area (Å²) < 4.78 is 5.96. The lowest BCUT2D eigenvalue weighted by Gasteiger charge is -2.29. The molecule has 2 aromatic rings. The summed E-state index contributed by atoms with van der Waals surface area (Å²) in [5.41, 5.74) is 6.11. The fourth-order valence-electron chi connectivity index (χ4n) is 2.49. The lowest BCUT2D eigenvalue weighted by atomic mass is 10.1. The van der Waals surface area contributed by atoms with Crippen LogP contribution in [0.5, 0.6) is 5.75 Å². The second-order valence-corrected chi connectivity index (χ2v) is 7.06. The Labute approximate surface area is 174 Å². The molecule has 0 saturated carbocycles. The van der Waals surface area contributed by atoms with Gasteiger partial charge < -0.3 is 10.5 Å². The fourth-order valence-corrected chi connectivity index (χ4v) is 3.16. The molecule has 0 unspecified atom stereocenters. The molecule has 0 spiro atoms. The molecule has 28 heavy (non-hydrogen) atoms. The number of amides is 3. The van der Waals surface area contributed by atoms with Gasteiger partial charge in [0, 0.05) is 4.47 Å². The minimum absolute atomic E-state index is 0.0143. The number of anilines is 1. The van der Waals surface area contributed by atoms with Crippen molar-refractivity contribution in [2.75, 3.05) is 11.5 Å². The molecule has 0 atom stereocenters. The van der Waals surface area contributed by atoms with Crippen molar-refractivity contribution < 1.29 is 19.1 Å². The first-order valence-corrected chi connectivity index (χ1v) is 9.23. The molecule has 0 radical (unpaired) electrons. The van der Waals surface area contributed by atoms with Crippen LogP contribution in [0.25, 0.3) is 6.08 Å². The Morgan fingerprint density at radius 2 is 1.93 bits per heavy atom. The fraction of sp³-hybridized carbons (Fsp3) is 0.0526. The number of nitrogens with zero attached hydrogens (tertiary/aromatic N) is 1. The van der Waals surface area contributed by atoms with Crippen LogP contribution in [0.1, 0.15) is 5.56 Å². The minimum Gasteiger partial charge on any atom is -0.484 e. The van der Waals surface area contributed by atoms with E-state index >= 15 is 0 Å². The number of thiocarbonyl (C=S) groups is 1. The Morgan fingerprint density at radius 1 is 1.21 bits per heavy atom. The zero-order valence-electron chi connectivity index (χ0n) is 14.3. The van der Waals surface area contributed by atoms with Crippen molar-refractivity contribution in [1.82, 2.24) is 5.32 Å². The second kappa shape index (κ2) is 8.32. The van der Waals surface area contributed by atoms with E-state index in [0.29, 0.717) is 17.0 Å². The third-order valence-corrected chi connectivity index (χ3v) is 4.52. The molecule has 1 aliphatic heterocycles. The van der Waals surface area contributed by atoms with Crippen molar-refractivity contribution >= 4 is 62.7 Å². The molecule has 0 aromatic heterocycles. The molecule has 1 heterocycles. The number of ether oxygens (including phenoxy) is 1. The van der Waals surface area contributed by atoms with Crippen molar-refractivity contribution in [1.29, 1.82) is 0 Å². The topological polar surface area (TPSA) is 102 Å². The SMILES string of the molecule is NC(=O)COc1ccc(/C=C2\C(=O)NC(=S)N(c3cccc(Br)c3)C2=O)cc1. The van der Waals surface area contributed by atoms with E-state index in [9.17, 15) is 14.4 Å². The van der Waals surface area contributed by atoms with Gasteiger partial charge in [0.2, 0.25) is 0 Å². The lowest BCUT2D eigenvalue weighted by molar-refractivity contribution is -0.122. The van der Waals surface area contributed by atoms with E-state index in [-0.39, 0.29) is 17.3 Å². The summed E-state index contributed by atoms with van der Waals surface area (Å²) >= 11 is 8.52. The van der Waals surface area contributed by atoms with Crippen LogP contribution in [0, 0.1) is 0 Å². The molecule has 2 aromatic carbocycles. The molecule has 142 valence electrons. The summed E-state index contributed by atoms with van der Waals surface area (Å²) in [7, 11) is 0. The second-order valence-electron chi connectivity index (χ2n) is 5.76. The van der Waals surface area contributed by atoms with Crippen LogP contribution in [0.3, 0.4) is 0 Å². The van der Waals surface area contributed by atoms with Crippen molar-refractivity contribution in [2.24, 2.45) is 5.73 Å². The smallest absolute Gasteiger partial charge is 0.270 e. The molecule has 0 aliphatic carbocycles. The van der Waals surface area contributed by atoms with Gasteiger partial charge in [-0.25, -0.2) is 0 Å². The normalized spacial score (nSPS) is 15.5.